The average molecular weight is 365 g/mol. The maximum absolute atomic E-state index is 6.35. The van der Waals surface area contributed by atoms with Gasteiger partial charge < -0.3 is 10.5 Å². The minimum atomic E-state index is -0.0575. The zero-order valence-corrected chi connectivity index (χ0v) is 15.2. The lowest BCUT2D eigenvalue weighted by Crippen LogP contribution is -2.31. The molecule has 1 unspecified atom stereocenters. The summed E-state index contributed by atoms with van der Waals surface area (Å²) >= 11 is 12.3. The Morgan fingerprint density at radius 3 is 2.58 bits per heavy atom. The van der Waals surface area contributed by atoms with Crippen molar-refractivity contribution in [1.82, 2.24) is 4.90 Å². The number of nitrogen functional groups attached to an aromatic ring is 1. The molecular weight excluding hydrogens is 343 g/mol. The Morgan fingerprint density at radius 2 is 1.96 bits per heavy atom. The van der Waals surface area contributed by atoms with Crippen LogP contribution in [0.2, 0.25) is 10.0 Å². The van der Waals surface area contributed by atoms with Gasteiger partial charge in [-0.2, -0.15) is 0 Å². The van der Waals surface area contributed by atoms with Gasteiger partial charge in [0.25, 0.3) is 0 Å². The molecule has 0 heterocycles. The number of para-hydroxylation sites is 1. The molecule has 1 atom stereocenters. The molecule has 128 valence electrons. The number of nitrogens with two attached hydrogens (primary N) is 1. The highest BCUT2D eigenvalue weighted by Gasteiger charge is 2.31. The number of halogens is 2. The first kappa shape index (κ1) is 17.6. The van der Waals surface area contributed by atoms with Gasteiger partial charge in [0, 0.05) is 47.5 Å². The van der Waals surface area contributed by atoms with Gasteiger partial charge in [0.05, 0.1) is 6.10 Å². The summed E-state index contributed by atoms with van der Waals surface area (Å²) in [6, 6.07) is 14.1. The van der Waals surface area contributed by atoms with Gasteiger partial charge in [-0.15, -0.1) is 0 Å². The van der Waals surface area contributed by atoms with E-state index in [1.807, 2.05) is 36.4 Å². The standard InChI is InChI=1S/C19H22Cl2N2O/c1-24-19(16-4-2-3-5-18(16)22)12-23(15-8-9-15)11-13-6-7-14(20)10-17(13)21/h2-7,10,15,19H,8-9,11-12,22H2,1H3. The Kier molecular flexibility index (Phi) is 5.67. The molecule has 0 aliphatic heterocycles. The highest BCUT2D eigenvalue weighted by atomic mass is 35.5. The first-order valence-electron chi connectivity index (χ1n) is 8.13. The van der Waals surface area contributed by atoms with Crippen molar-refractivity contribution >= 4 is 28.9 Å². The Balaban J connectivity index is 1.77. The maximum atomic E-state index is 6.35. The van der Waals surface area contributed by atoms with Crippen LogP contribution in [-0.2, 0) is 11.3 Å². The van der Waals surface area contributed by atoms with E-state index in [1.54, 1.807) is 13.2 Å². The number of ether oxygens (including phenoxy) is 1. The second-order valence-corrected chi connectivity index (χ2v) is 7.09. The van der Waals surface area contributed by atoms with E-state index in [9.17, 15) is 0 Å². The summed E-state index contributed by atoms with van der Waals surface area (Å²) in [6.45, 7) is 1.57. The van der Waals surface area contributed by atoms with Crippen molar-refractivity contribution in [2.45, 2.75) is 31.5 Å². The van der Waals surface area contributed by atoms with Crippen LogP contribution in [0.15, 0.2) is 42.5 Å². The predicted octanol–water partition coefficient (Wildman–Crippen LogP) is 4.93. The number of hydrogen-bond donors (Lipinski definition) is 1. The minimum absolute atomic E-state index is 0.0575. The molecule has 2 aromatic carbocycles. The van der Waals surface area contributed by atoms with E-state index in [-0.39, 0.29) is 6.10 Å². The van der Waals surface area contributed by atoms with E-state index in [2.05, 4.69) is 4.90 Å². The molecule has 0 aromatic heterocycles. The van der Waals surface area contributed by atoms with Crippen LogP contribution < -0.4 is 5.73 Å². The summed E-state index contributed by atoms with van der Waals surface area (Å²) in [5, 5.41) is 1.37. The van der Waals surface area contributed by atoms with Gasteiger partial charge in [-0.1, -0.05) is 47.5 Å². The Morgan fingerprint density at radius 1 is 1.21 bits per heavy atom. The normalized spacial score (nSPS) is 15.7. The van der Waals surface area contributed by atoms with Crippen LogP contribution in [0.4, 0.5) is 5.69 Å². The molecule has 2 aromatic rings. The first-order valence-corrected chi connectivity index (χ1v) is 8.89. The summed E-state index contributed by atoms with van der Waals surface area (Å²) in [7, 11) is 1.73. The third-order valence-electron chi connectivity index (χ3n) is 4.48. The lowest BCUT2D eigenvalue weighted by Gasteiger charge is -2.28. The minimum Gasteiger partial charge on any atom is -0.398 e. The molecule has 0 radical (unpaired) electrons. The molecule has 5 heteroatoms. The highest BCUT2D eigenvalue weighted by molar-refractivity contribution is 6.35. The Labute approximate surface area is 153 Å². The van der Waals surface area contributed by atoms with E-state index in [4.69, 9.17) is 33.7 Å². The molecule has 0 saturated heterocycles. The fourth-order valence-corrected chi connectivity index (χ4v) is 3.44. The number of benzene rings is 2. The summed E-state index contributed by atoms with van der Waals surface area (Å²) < 4.78 is 5.74. The van der Waals surface area contributed by atoms with Gasteiger partial charge in [-0.05, 0) is 36.6 Å². The summed E-state index contributed by atoms with van der Waals surface area (Å²) in [5.74, 6) is 0. The van der Waals surface area contributed by atoms with Gasteiger partial charge >= 0.3 is 0 Å². The zero-order valence-electron chi connectivity index (χ0n) is 13.7. The molecule has 1 saturated carbocycles. The molecule has 1 fully saturated rings. The van der Waals surface area contributed by atoms with Crippen molar-refractivity contribution < 1.29 is 4.74 Å². The lowest BCUT2D eigenvalue weighted by molar-refractivity contribution is 0.0583. The summed E-state index contributed by atoms with van der Waals surface area (Å²) in [5.41, 5.74) is 9.01. The van der Waals surface area contributed by atoms with Crippen molar-refractivity contribution in [1.29, 1.82) is 0 Å². The third kappa shape index (κ3) is 4.22. The Hall–Kier alpha value is -1.26. The first-order chi connectivity index (χ1) is 11.6. The topological polar surface area (TPSA) is 38.5 Å². The quantitative estimate of drug-likeness (QED) is 0.708. The fraction of sp³-hybridized carbons (Fsp3) is 0.368. The molecular formula is C19H22Cl2N2O. The van der Waals surface area contributed by atoms with Crippen molar-refractivity contribution in [3.05, 3.63) is 63.6 Å². The molecule has 24 heavy (non-hydrogen) atoms. The number of nitrogens with zero attached hydrogens (tertiary/aromatic N) is 1. The van der Waals surface area contributed by atoms with Crippen LogP contribution in [-0.4, -0.2) is 24.6 Å². The number of methoxy groups -OCH3 is 1. The molecule has 1 aliphatic carbocycles. The van der Waals surface area contributed by atoms with E-state index in [0.717, 1.165) is 29.9 Å². The van der Waals surface area contributed by atoms with Crippen molar-refractivity contribution in [2.24, 2.45) is 0 Å². The van der Waals surface area contributed by atoms with Gasteiger partial charge in [0.1, 0.15) is 0 Å². The molecule has 1 aliphatic rings. The number of rotatable bonds is 7. The second kappa shape index (κ2) is 7.75. The van der Waals surface area contributed by atoms with E-state index in [1.165, 1.54) is 12.8 Å². The van der Waals surface area contributed by atoms with Crippen LogP contribution in [0.25, 0.3) is 0 Å². The van der Waals surface area contributed by atoms with Gasteiger partial charge in [0.2, 0.25) is 0 Å². The van der Waals surface area contributed by atoms with Crippen LogP contribution in [0.5, 0.6) is 0 Å². The van der Waals surface area contributed by atoms with Crippen LogP contribution in [0.3, 0.4) is 0 Å². The Bertz CT molecular complexity index is 704. The average Bonchev–Trinajstić information content (AvgIpc) is 3.39. The molecule has 2 N–H and O–H groups in total. The van der Waals surface area contributed by atoms with Crippen molar-refractivity contribution in [2.75, 3.05) is 19.4 Å². The van der Waals surface area contributed by atoms with E-state index < -0.39 is 0 Å². The molecule has 3 rings (SSSR count). The predicted molar refractivity (Wildman–Crippen MR) is 100 cm³/mol. The summed E-state index contributed by atoms with van der Waals surface area (Å²) in [6.07, 6.45) is 2.37. The smallest absolute Gasteiger partial charge is 0.0967 e. The molecule has 0 bridgehead atoms. The van der Waals surface area contributed by atoms with Gasteiger partial charge in [0.15, 0.2) is 0 Å². The zero-order chi connectivity index (χ0) is 17.1. The van der Waals surface area contributed by atoms with Crippen LogP contribution in [0.1, 0.15) is 30.1 Å². The molecule has 0 spiro atoms. The number of hydrogen-bond acceptors (Lipinski definition) is 3. The van der Waals surface area contributed by atoms with Crippen LogP contribution in [0, 0.1) is 0 Å². The largest absolute Gasteiger partial charge is 0.398 e. The van der Waals surface area contributed by atoms with Crippen molar-refractivity contribution in [3.63, 3.8) is 0 Å². The van der Waals surface area contributed by atoms with E-state index in [0.29, 0.717) is 16.1 Å². The summed E-state index contributed by atoms with van der Waals surface area (Å²) in [4.78, 5) is 2.43. The van der Waals surface area contributed by atoms with Crippen molar-refractivity contribution in [3.8, 4) is 0 Å². The van der Waals surface area contributed by atoms with Gasteiger partial charge in [-0.3, -0.25) is 4.90 Å². The molecule has 3 nitrogen and oxygen atoms in total. The monoisotopic (exact) mass is 364 g/mol. The van der Waals surface area contributed by atoms with Crippen LogP contribution >= 0.6 is 23.2 Å². The van der Waals surface area contributed by atoms with Gasteiger partial charge in [-0.25, -0.2) is 0 Å². The lowest BCUT2D eigenvalue weighted by atomic mass is 10.1. The van der Waals surface area contributed by atoms with E-state index >= 15 is 0 Å². The second-order valence-electron chi connectivity index (χ2n) is 6.25. The number of anilines is 1. The molecule has 0 amide bonds. The SMILES string of the molecule is COC(CN(Cc1ccc(Cl)cc1Cl)C1CC1)c1ccccc1N. The third-order valence-corrected chi connectivity index (χ3v) is 5.07. The maximum Gasteiger partial charge on any atom is 0.0967 e. The fourth-order valence-electron chi connectivity index (χ4n) is 2.97. The highest BCUT2D eigenvalue weighted by Crippen LogP contribution is 2.33.